The van der Waals surface area contributed by atoms with Crippen LogP contribution in [0.1, 0.15) is 24.9 Å². The van der Waals surface area contributed by atoms with E-state index in [0.717, 1.165) is 36.6 Å². The van der Waals surface area contributed by atoms with E-state index < -0.39 is 0 Å². The summed E-state index contributed by atoms with van der Waals surface area (Å²) in [6.07, 6.45) is 0.973. The minimum Gasteiger partial charge on any atom is -0.493 e. The van der Waals surface area contributed by atoms with Crippen LogP contribution in [0.3, 0.4) is 0 Å². The maximum Gasteiger partial charge on any atom is 0.219 e. The van der Waals surface area contributed by atoms with Crippen LogP contribution >= 0.6 is 17.0 Å². The summed E-state index contributed by atoms with van der Waals surface area (Å²) < 4.78 is 10.7. The number of fused-ring (bicyclic) bond motifs is 1. The normalized spacial score (nSPS) is 26.2. The van der Waals surface area contributed by atoms with E-state index in [9.17, 15) is 4.79 Å². The highest BCUT2D eigenvalue weighted by Crippen LogP contribution is 2.37. The Bertz CT molecular complexity index is 570. The van der Waals surface area contributed by atoms with E-state index in [1.807, 2.05) is 17.0 Å². The van der Waals surface area contributed by atoms with E-state index in [-0.39, 0.29) is 28.9 Å². The molecule has 2 saturated heterocycles. The van der Waals surface area contributed by atoms with Crippen molar-refractivity contribution < 1.29 is 14.3 Å². The summed E-state index contributed by atoms with van der Waals surface area (Å²) in [4.78, 5) is 13.6. The summed E-state index contributed by atoms with van der Waals surface area (Å²) in [6, 6.07) is 6.54. The number of hydrazine groups is 1. The Morgan fingerprint density at radius 1 is 1.22 bits per heavy atom. The van der Waals surface area contributed by atoms with Gasteiger partial charge in [-0.25, -0.2) is 5.43 Å². The Morgan fingerprint density at radius 3 is 2.61 bits per heavy atom. The summed E-state index contributed by atoms with van der Waals surface area (Å²) >= 11 is 0. The average Bonchev–Trinajstić information content (AvgIpc) is 2.97. The van der Waals surface area contributed by atoms with Gasteiger partial charge in [-0.2, -0.15) is 0 Å². The van der Waals surface area contributed by atoms with Crippen molar-refractivity contribution in [2.45, 2.75) is 25.4 Å². The minimum atomic E-state index is 0. The van der Waals surface area contributed by atoms with Crippen molar-refractivity contribution in [3.05, 3.63) is 23.8 Å². The van der Waals surface area contributed by atoms with E-state index in [2.05, 4.69) is 16.9 Å². The first-order valence-corrected chi connectivity index (χ1v) is 7.62. The Balaban J connectivity index is 0.00000192. The number of rotatable bonds is 3. The highest BCUT2D eigenvalue weighted by atomic mass is 79.9. The molecule has 0 spiro atoms. The number of nitrogens with one attached hydrogen (secondary N) is 2. The summed E-state index contributed by atoms with van der Waals surface area (Å²) in [5.41, 5.74) is 7.89. The fourth-order valence-electron chi connectivity index (χ4n) is 3.47. The number of hydrogen-bond acceptors (Lipinski definition) is 5. The number of methoxy groups -OCH3 is 2. The van der Waals surface area contributed by atoms with Crippen molar-refractivity contribution in [1.82, 2.24) is 15.8 Å². The van der Waals surface area contributed by atoms with Gasteiger partial charge in [0.2, 0.25) is 5.91 Å². The lowest BCUT2D eigenvalue weighted by Gasteiger charge is -2.35. The third kappa shape index (κ3) is 3.46. The van der Waals surface area contributed by atoms with Crippen LogP contribution in [-0.4, -0.2) is 44.2 Å². The molecular weight excluding hydrogens is 362 g/mol. The lowest BCUT2D eigenvalue weighted by Crippen LogP contribution is -2.47. The molecule has 0 saturated carbocycles. The molecule has 2 fully saturated rings. The maximum absolute atomic E-state index is 11.7. The number of nitrogens with zero attached hydrogens (tertiary/aromatic N) is 1. The van der Waals surface area contributed by atoms with Crippen molar-refractivity contribution in [3.8, 4) is 11.5 Å². The van der Waals surface area contributed by atoms with Crippen molar-refractivity contribution in [3.63, 3.8) is 0 Å². The van der Waals surface area contributed by atoms with Crippen LogP contribution in [-0.2, 0) is 4.79 Å². The second kappa shape index (κ2) is 7.51. The lowest BCUT2D eigenvalue weighted by atomic mass is 9.85. The molecule has 2 aliphatic heterocycles. The number of ether oxygens (including phenoxy) is 2. The number of piperidine rings is 1. The van der Waals surface area contributed by atoms with Crippen LogP contribution in [0.4, 0.5) is 0 Å². The molecule has 2 heterocycles. The fourth-order valence-corrected chi connectivity index (χ4v) is 3.47. The molecule has 0 aliphatic carbocycles. The molecule has 0 bridgehead atoms. The molecule has 2 aliphatic rings. The molecule has 128 valence electrons. The van der Waals surface area contributed by atoms with Crippen molar-refractivity contribution in [2.24, 2.45) is 5.92 Å². The predicted molar refractivity (Wildman–Crippen MR) is 93.0 cm³/mol. The van der Waals surface area contributed by atoms with E-state index in [1.54, 1.807) is 21.1 Å². The zero-order valence-corrected chi connectivity index (χ0v) is 15.4. The number of benzene rings is 1. The minimum absolute atomic E-state index is 0. The first-order chi connectivity index (χ1) is 10.6. The van der Waals surface area contributed by atoms with Crippen LogP contribution in [0.25, 0.3) is 0 Å². The van der Waals surface area contributed by atoms with Gasteiger partial charge < -0.3 is 14.4 Å². The van der Waals surface area contributed by atoms with Crippen molar-refractivity contribution in [2.75, 3.05) is 27.3 Å². The Morgan fingerprint density at radius 2 is 1.96 bits per heavy atom. The molecule has 1 amide bonds. The van der Waals surface area contributed by atoms with Gasteiger partial charge in [-0.1, -0.05) is 6.07 Å². The average molecular weight is 386 g/mol. The topological polar surface area (TPSA) is 62.8 Å². The molecule has 0 aromatic heterocycles. The molecule has 1 aromatic rings. The molecule has 7 heteroatoms. The van der Waals surface area contributed by atoms with Crippen molar-refractivity contribution >= 4 is 22.9 Å². The molecule has 6 nitrogen and oxygen atoms in total. The maximum atomic E-state index is 11.7. The summed E-state index contributed by atoms with van der Waals surface area (Å²) in [5, 5.41) is 0. The number of hydrogen-bond donors (Lipinski definition) is 2. The Hall–Kier alpha value is -1.31. The largest absolute Gasteiger partial charge is 0.493 e. The van der Waals surface area contributed by atoms with Gasteiger partial charge in [-0.05, 0) is 24.1 Å². The molecule has 3 rings (SSSR count). The number of carbonyl (C=O) groups is 1. The highest BCUT2D eigenvalue weighted by Gasteiger charge is 2.41. The molecule has 0 radical (unpaired) electrons. The van der Waals surface area contributed by atoms with Crippen LogP contribution in [0, 0.1) is 5.92 Å². The van der Waals surface area contributed by atoms with E-state index >= 15 is 0 Å². The number of carbonyl (C=O) groups excluding carboxylic acids is 1. The second-order valence-electron chi connectivity index (χ2n) is 5.90. The fraction of sp³-hybridized carbons (Fsp3) is 0.562. The van der Waals surface area contributed by atoms with Crippen molar-refractivity contribution in [1.29, 1.82) is 0 Å². The van der Waals surface area contributed by atoms with Crippen LogP contribution in [0.15, 0.2) is 18.2 Å². The summed E-state index contributed by atoms with van der Waals surface area (Å²) in [6.45, 7) is 3.24. The van der Waals surface area contributed by atoms with Crippen LogP contribution < -0.4 is 20.3 Å². The quantitative estimate of drug-likeness (QED) is 0.828. The van der Waals surface area contributed by atoms with Crippen LogP contribution in [0.2, 0.25) is 0 Å². The Labute approximate surface area is 147 Å². The van der Waals surface area contributed by atoms with Gasteiger partial charge >= 0.3 is 0 Å². The SMILES string of the molecule is Br.COc1ccc(C2NNC3CCN(C(C)=O)CC32)cc1OC. The monoisotopic (exact) mass is 385 g/mol. The lowest BCUT2D eigenvalue weighted by molar-refractivity contribution is -0.130. The summed E-state index contributed by atoms with van der Waals surface area (Å²) in [7, 11) is 3.28. The summed E-state index contributed by atoms with van der Waals surface area (Å²) in [5.74, 6) is 1.96. The standard InChI is InChI=1S/C16H23N3O3.BrH/c1-10(20)19-7-6-13-12(9-19)16(18-17-13)11-4-5-14(21-2)15(8-11)22-3;/h4-5,8,12-13,16-18H,6-7,9H2,1-3H3;1H. The van der Waals surface area contributed by atoms with Gasteiger partial charge in [-0.15, -0.1) is 17.0 Å². The van der Waals surface area contributed by atoms with Gasteiger partial charge in [0.05, 0.1) is 20.3 Å². The second-order valence-corrected chi connectivity index (χ2v) is 5.90. The number of halogens is 1. The zero-order chi connectivity index (χ0) is 15.7. The number of amides is 1. The van der Waals surface area contributed by atoms with Gasteiger partial charge in [0.15, 0.2) is 11.5 Å². The van der Waals surface area contributed by atoms with E-state index in [1.165, 1.54) is 0 Å². The van der Waals surface area contributed by atoms with Gasteiger partial charge in [0.1, 0.15) is 0 Å². The molecular formula is C16H24BrN3O3. The van der Waals surface area contributed by atoms with E-state index in [4.69, 9.17) is 9.47 Å². The number of likely N-dealkylation sites (tertiary alicyclic amines) is 1. The zero-order valence-electron chi connectivity index (χ0n) is 13.7. The van der Waals surface area contributed by atoms with E-state index in [0.29, 0.717) is 12.0 Å². The first-order valence-electron chi connectivity index (χ1n) is 7.62. The van der Waals surface area contributed by atoms with Gasteiger partial charge in [-0.3, -0.25) is 10.2 Å². The molecule has 3 atom stereocenters. The molecule has 3 unspecified atom stereocenters. The van der Waals surface area contributed by atoms with Crippen LogP contribution in [0.5, 0.6) is 11.5 Å². The third-order valence-electron chi connectivity index (χ3n) is 4.72. The van der Waals surface area contributed by atoms with Gasteiger partial charge in [0.25, 0.3) is 0 Å². The molecule has 2 N–H and O–H groups in total. The predicted octanol–water partition coefficient (Wildman–Crippen LogP) is 1.67. The molecule has 1 aromatic carbocycles. The Kier molecular flexibility index (Phi) is 5.89. The smallest absolute Gasteiger partial charge is 0.219 e. The van der Waals surface area contributed by atoms with Gasteiger partial charge in [0, 0.05) is 32.0 Å². The molecule has 23 heavy (non-hydrogen) atoms. The first kappa shape index (κ1) is 18.0. The highest BCUT2D eigenvalue weighted by molar-refractivity contribution is 8.93. The third-order valence-corrected chi connectivity index (χ3v) is 4.72.